The lowest BCUT2D eigenvalue weighted by Crippen LogP contribution is -2.05. The van der Waals surface area contributed by atoms with E-state index in [1.54, 1.807) is 0 Å². The number of fused-ring (bicyclic) bond motifs is 1. The fourth-order valence-corrected chi connectivity index (χ4v) is 3.82. The van der Waals surface area contributed by atoms with Crippen molar-refractivity contribution < 1.29 is 9.53 Å². The van der Waals surface area contributed by atoms with E-state index in [1.165, 1.54) is 12.7 Å². The third-order valence-corrected chi connectivity index (χ3v) is 5.07. The number of benzene rings is 4. The van der Waals surface area contributed by atoms with Crippen LogP contribution in [0.5, 0.6) is 0 Å². The van der Waals surface area contributed by atoms with Gasteiger partial charge in [-0.1, -0.05) is 83.9 Å². The summed E-state index contributed by atoms with van der Waals surface area (Å²) in [5.41, 5.74) is 7.01. The van der Waals surface area contributed by atoms with Crippen LogP contribution in [0.1, 0.15) is 21.5 Å². The molecule has 0 aliphatic rings. The van der Waals surface area contributed by atoms with Crippen LogP contribution in [0, 0.1) is 13.8 Å². The van der Waals surface area contributed by atoms with Gasteiger partial charge in [-0.2, -0.15) is 0 Å². The second-order valence-electron chi connectivity index (χ2n) is 7.13. The Morgan fingerprint density at radius 3 is 1.93 bits per heavy atom. The number of ether oxygens (including phenoxy) is 1. The van der Waals surface area contributed by atoms with Crippen molar-refractivity contribution in [3.05, 3.63) is 95.6 Å². The SMILES string of the molecule is COC(=O)c1cc2ccccc2c(-c2cccc(C)c2)c1-c1cccc(C)c1. The van der Waals surface area contributed by atoms with Crippen molar-refractivity contribution in [2.24, 2.45) is 0 Å². The summed E-state index contributed by atoms with van der Waals surface area (Å²) in [5, 5.41) is 2.15. The van der Waals surface area contributed by atoms with Gasteiger partial charge in [0, 0.05) is 5.56 Å². The van der Waals surface area contributed by atoms with Crippen molar-refractivity contribution in [1.29, 1.82) is 0 Å². The molecule has 0 aromatic heterocycles. The van der Waals surface area contributed by atoms with Crippen LogP contribution in [-0.4, -0.2) is 13.1 Å². The zero-order chi connectivity index (χ0) is 19.7. The largest absolute Gasteiger partial charge is 0.465 e. The molecule has 0 atom stereocenters. The van der Waals surface area contributed by atoms with Crippen molar-refractivity contribution in [2.45, 2.75) is 13.8 Å². The fourth-order valence-electron chi connectivity index (χ4n) is 3.82. The average molecular weight is 366 g/mol. The molecule has 4 aromatic rings. The summed E-state index contributed by atoms with van der Waals surface area (Å²) in [6, 6.07) is 26.8. The lowest BCUT2D eigenvalue weighted by atomic mass is 9.85. The predicted octanol–water partition coefficient (Wildman–Crippen LogP) is 6.58. The van der Waals surface area contributed by atoms with Crippen LogP contribution in [-0.2, 0) is 4.74 Å². The van der Waals surface area contributed by atoms with E-state index in [0.717, 1.165) is 38.6 Å². The second kappa shape index (κ2) is 7.32. The fraction of sp³-hybridized carbons (Fsp3) is 0.115. The van der Waals surface area contributed by atoms with Gasteiger partial charge in [0.2, 0.25) is 0 Å². The maximum absolute atomic E-state index is 12.8. The molecule has 0 bridgehead atoms. The van der Waals surface area contributed by atoms with E-state index in [9.17, 15) is 4.79 Å². The summed E-state index contributed by atoms with van der Waals surface area (Å²) in [6.07, 6.45) is 0. The predicted molar refractivity (Wildman–Crippen MR) is 116 cm³/mol. The van der Waals surface area contributed by atoms with Gasteiger partial charge in [-0.05, 0) is 47.4 Å². The number of hydrogen-bond donors (Lipinski definition) is 0. The molecule has 0 spiro atoms. The molecule has 138 valence electrons. The number of rotatable bonds is 3. The van der Waals surface area contributed by atoms with E-state index in [-0.39, 0.29) is 5.97 Å². The number of carbonyl (C=O) groups excluding carboxylic acids is 1. The highest BCUT2D eigenvalue weighted by atomic mass is 16.5. The van der Waals surface area contributed by atoms with Crippen LogP contribution in [0.3, 0.4) is 0 Å². The summed E-state index contributed by atoms with van der Waals surface area (Å²) in [4.78, 5) is 12.8. The van der Waals surface area contributed by atoms with E-state index < -0.39 is 0 Å². The molecule has 0 N–H and O–H groups in total. The average Bonchev–Trinajstić information content (AvgIpc) is 2.71. The molecular formula is C26H22O2. The first-order valence-corrected chi connectivity index (χ1v) is 9.36. The van der Waals surface area contributed by atoms with Gasteiger partial charge in [0.1, 0.15) is 0 Å². The Morgan fingerprint density at radius 2 is 1.32 bits per heavy atom. The molecule has 28 heavy (non-hydrogen) atoms. The Morgan fingerprint density at radius 1 is 0.714 bits per heavy atom. The third-order valence-electron chi connectivity index (χ3n) is 5.07. The zero-order valence-corrected chi connectivity index (χ0v) is 16.3. The highest BCUT2D eigenvalue weighted by Crippen LogP contribution is 2.41. The summed E-state index contributed by atoms with van der Waals surface area (Å²) in [5.74, 6) is -0.323. The van der Waals surface area contributed by atoms with Gasteiger partial charge in [-0.25, -0.2) is 4.79 Å². The molecule has 0 aliphatic heterocycles. The molecule has 0 saturated carbocycles. The minimum absolute atomic E-state index is 0.323. The van der Waals surface area contributed by atoms with Crippen LogP contribution in [0.15, 0.2) is 78.9 Å². The monoisotopic (exact) mass is 366 g/mol. The summed E-state index contributed by atoms with van der Waals surface area (Å²) in [6.45, 7) is 4.15. The molecule has 0 aliphatic carbocycles. The van der Waals surface area contributed by atoms with Crippen molar-refractivity contribution >= 4 is 16.7 Å². The normalized spacial score (nSPS) is 10.8. The number of hydrogen-bond acceptors (Lipinski definition) is 2. The summed E-state index contributed by atoms with van der Waals surface area (Å²) < 4.78 is 5.15. The third kappa shape index (κ3) is 3.18. The van der Waals surface area contributed by atoms with Gasteiger partial charge in [0.25, 0.3) is 0 Å². The van der Waals surface area contributed by atoms with Gasteiger partial charge >= 0.3 is 5.97 Å². The van der Waals surface area contributed by atoms with Crippen molar-refractivity contribution in [2.75, 3.05) is 7.11 Å². The number of esters is 1. The maximum atomic E-state index is 12.8. The van der Waals surface area contributed by atoms with Gasteiger partial charge < -0.3 is 4.74 Å². The molecule has 2 nitrogen and oxygen atoms in total. The number of methoxy groups -OCH3 is 1. The molecule has 0 saturated heterocycles. The maximum Gasteiger partial charge on any atom is 0.338 e. The van der Waals surface area contributed by atoms with E-state index in [1.807, 2.05) is 30.3 Å². The Bertz CT molecular complexity index is 1190. The van der Waals surface area contributed by atoms with Crippen molar-refractivity contribution in [3.8, 4) is 22.3 Å². The summed E-state index contributed by atoms with van der Waals surface area (Å²) in [7, 11) is 1.43. The van der Waals surface area contributed by atoms with Crippen LogP contribution >= 0.6 is 0 Å². The van der Waals surface area contributed by atoms with E-state index in [4.69, 9.17) is 4.74 Å². The molecule has 0 amide bonds. The molecule has 0 heterocycles. The highest BCUT2D eigenvalue weighted by Gasteiger charge is 2.21. The number of aryl methyl sites for hydroxylation is 2. The number of carbonyl (C=O) groups is 1. The van der Waals surface area contributed by atoms with Gasteiger partial charge in [-0.3, -0.25) is 0 Å². The minimum Gasteiger partial charge on any atom is -0.465 e. The van der Waals surface area contributed by atoms with Crippen molar-refractivity contribution in [3.63, 3.8) is 0 Å². The molecule has 0 unspecified atom stereocenters. The highest BCUT2D eigenvalue weighted by molar-refractivity contribution is 6.12. The van der Waals surface area contributed by atoms with Gasteiger partial charge in [0.05, 0.1) is 12.7 Å². The molecule has 4 rings (SSSR count). The molecular weight excluding hydrogens is 344 g/mol. The van der Waals surface area contributed by atoms with E-state index in [2.05, 4.69) is 62.4 Å². The smallest absolute Gasteiger partial charge is 0.338 e. The van der Waals surface area contributed by atoms with E-state index >= 15 is 0 Å². The van der Waals surface area contributed by atoms with Crippen molar-refractivity contribution in [1.82, 2.24) is 0 Å². The second-order valence-corrected chi connectivity index (χ2v) is 7.13. The zero-order valence-electron chi connectivity index (χ0n) is 16.3. The lowest BCUT2D eigenvalue weighted by Gasteiger charge is -2.18. The quantitative estimate of drug-likeness (QED) is 0.383. The van der Waals surface area contributed by atoms with Crippen LogP contribution in [0.25, 0.3) is 33.0 Å². The van der Waals surface area contributed by atoms with Gasteiger partial charge in [0.15, 0.2) is 0 Å². The first-order chi connectivity index (χ1) is 13.6. The minimum atomic E-state index is -0.323. The molecule has 0 radical (unpaired) electrons. The molecule has 0 fully saturated rings. The van der Waals surface area contributed by atoms with Gasteiger partial charge in [-0.15, -0.1) is 0 Å². The molecule has 2 heteroatoms. The van der Waals surface area contributed by atoms with Crippen LogP contribution in [0.4, 0.5) is 0 Å². The summed E-state index contributed by atoms with van der Waals surface area (Å²) >= 11 is 0. The Labute approximate surface area is 165 Å². The Kier molecular flexibility index (Phi) is 4.70. The van der Waals surface area contributed by atoms with E-state index in [0.29, 0.717) is 5.56 Å². The topological polar surface area (TPSA) is 26.3 Å². The molecule has 4 aromatic carbocycles. The van der Waals surface area contributed by atoms with Crippen LogP contribution < -0.4 is 0 Å². The Balaban J connectivity index is 2.20. The Hall–Kier alpha value is -3.39. The van der Waals surface area contributed by atoms with Crippen LogP contribution in [0.2, 0.25) is 0 Å². The first kappa shape index (κ1) is 18.0. The standard InChI is InChI=1S/C26H22O2/c1-17-8-6-11-20(14-17)24-22-13-5-4-10-19(22)16-23(26(27)28-3)25(24)21-12-7-9-18(2)15-21/h4-16H,1-3H3. The lowest BCUT2D eigenvalue weighted by molar-refractivity contribution is 0.0602. The first-order valence-electron chi connectivity index (χ1n) is 9.36.